The van der Waals surface area contributed by atoms with Crippen LogP contribution >= 0.6 is 0 Å². The van der Waals surface area contributed by atoms with Gasteiger partial charge in [0.25, 0.3) is 0 Å². The van der Waals surface area contributed by atoms with E-state index in [0.29, 0.717) is 6.42 Å². The van der Waals surface area contributed by atoms with Gasteiger partial charge < -0.3 is 5.41 Å². The average Bonchev–Trinajstić information content (AvgIpc) is 2.06. The Balaban J connectivity index is 2.52. The van der Waals surface area contributed by atoms with E-state index in [0.717, 1.165) is 11.8 Å². The van der Waals surface area contributed by atoms with Crippen LogP contribution in [-0.2, 0) is 11.2 Å². The Morgan fingerprint density at radius 1 is 1.33 bits per heavy atom. The van der Waals surface area contributed by atoms with Crippen molar-refractivity contribution in [2.45, 2.75) is 12.8 Å². The number of hydrogen-bond donors (Lipinski definition) is 1. The first-order chi connectivity index (χ1) is 5.83. The van der Waals surface area contributed by atoms with Gasteiger partial charge in [-0.1, -0.05) is 30.3 Å². The summed E-state index contributed by atoms with van der Waals surface area (Å²) in [6.07, 6.45) is 1.83. The van der Waals surface area contributed by atoms with Crippen LogP contribution < -0.4 is 0 Å². The van der Waals surface area contributed by atoms with E-state index < -0.39 is 0 Å². The van der Waals surface area contributed by atoms with Gasteiger partial charge in [0, 0.05) is 19.1 Å². The van der Waals surface area contributed by atoms with Gasteiger partial charge in [-0.05, 0) is 5.56 Å². The highest BCUT2D eigenvalue weighted by molar-refractivity contribution is 5.91. The molecule has 0 radical (unpaired) electrons. The normalized spacial score (nSPS) is 9.33. The van der Waals surface area contributed by atoms with Crippen molar-refractivity contribution >= 4 is 12.0 Å². The fourth-order valence-electron chi connectivity index (χ4n) is 1.01. The van der Waals surface area contributed by atoms with Crippen LogP contribution in [0, 0.1) is 5.41 Å². The fourth-order valence-corrected chi connectivity index (χ4v) is 1.01. The minimum absolute atomic E-state index is 0.0937. The lowest BCUT2D eigenvalue weighted by atomic mass is 10.1. The van der Waals surface area contributed by atoms with Crippen molar-refractivity contribution < 1.29 is 4.79 Å². The molecule has 0 aliphatic carbocycles. The lowest BCUT2D eigenvalue weighted by Gasteiger charge is -1.96. The van der Waals surface area contributed by atoms with Crippen LogP contribution in [-0.4, -0.2) is 12.0 Å². The van der Waals surface area contributed by atoms with Crippen LogP contribution in [0.25, 0.3) is 0 Å². The zero-order valence-corrected chi connectivity index (χ0v) is 6.79. The minimum atomic E-state index is 0.0937. The number of ketones is 1. The molecule has 0 amide bonds. The number of carbonyl (C=O) groups excluding carboxylic acids is 1. The Labute approximate surface area is 71.7 Å². The number of carbonyl (C=O) groups is 1. The van der Waals surface area contributed by atoms with Crippen LogP contribution in [0.5, 0.6) is 0 Å². The number of hydrogen-bond acceptors (Lipinski definition) is 2. The summed E-state index contributed by atoms with van der Waals surface area (Å²) in [6, 6.07) is 9.58. The minimum Gasteiger partial charge on any atom is -0.313 e. The van der Waals surface area contributed by atoms with E-state index in [2.05, 4.69) is 0 Å². The van der Waals surface area contributed by atoms with Gasteiger partial charge in [-0.2, -0.15) is 0 Å². The van der Waals surface area contributed by atoms with Gasteiger partial charge in [-0.15, -0.1) is 0 Å². The van der Waals surface area contributed by atoms with Crippen LogP contribution in [0.15, 0.2) is 30.3 Å². The molecule has 0 saturated carbocycles. The molecule has 0 atom stereocenters. The van der Waals surface area contributed by atoms with Crippen molar-refractivity contribution in [3.8, 4) is 0 Å². The molecule has 0 aromatic heterocycles. The van der Waals surface area contributed by atoms with Gasteiger partial charge >= 0.3 is 0 Å². The van der Waals surface area contributed by atoms with E-state index in [9.17, 15) is 4.79 Å². The van der Waals surface area contributed by atoms with Gasteiger partial charge in [0.1, 0.15) is 5.78 Å². The molecule has 0 saturated heterocycles. The van der Waals surface area contributed by atoms with Crippen molar-refractivity contribution in [2.24, 2.45) is 0 Å². The second-order valence-electron chi connectivity index (χ2n) is 2.61. The topological polar surface area (TPSA) is 40.9 Å². The molecule has 0 aliphatic rings. The molecule has 12 heavy (non-hydrogen) atoms. The van der Waals surface area contributed by atoms with Crippen LogP contribution in [0.2, 0.25) is 0 Å². The number of nitrogens with one attached hydrogen (secondary N) is 1. The summed E-state index contributed by atoms with van der Waals surface area (Å²) in [7, 11) is 0. The molecule has 0 aliphatic heterocycles. The molecular formula is C10H11NO. The zero-order chi connectivity index (χ0) is 8.81. The first-order valence-electron chi connectivity index (χ1n) is 3.87. The molecule has 2 nitrogen and oxygen atoms in total. The Morgan fingerprint density at radius 3 is 2.58 bits per heavy atom. The SMILES string of the molecule is N=CCC(=O)Cc1ccccc1. The highest BCUT2D eigenvalue weighted by atomic mass is 16.1. The highest BCUT2D eigenvalue weighted by Gasteiger charge is 1.99. The molecule has 0 heterocycles. The van der Waals surface area contributed by atoms with E-state index in [-0.39, 0.29) is 12.2 Å². The summed E-state index contributed by atoms with van der Waals surface area (Å²) in [5, 5.41) is 6.75. The van der Waals surface area contributed by atoms with Crippen molar-refractivity contribution in [2.75, 3.05) is 0 Å². The standard InChI is InChI=1S/C10H11NO/c11-7-6-10(12)8-9-4-2-1-3-5-9/h1-5,7,11H,6,8H2. The van der Waals surface area contributed by atoms with Crippen molar-refractivity contribution in [3.05, 3.63) is 35.9 Å². The zero-order valence-electron chi connectivity index (χ0n) is 6.79. The molecule has 0 unspecified atom stereocenters. The van der Waals surface area contributed by atoms with E-state index in [1.165, 1.54) is 0 Å². The number of rotatable bonds is 4. The highest BCUT2D eigenvalue weighted by Crippen LogP contribution is 2.00. The summed E-state index contributed by atoms with van der Waals surface area (Å²) in [4.78, 5) is 11.1. The molecule has 1 aromatic carbocycles. The third-order valence-corrected chi connectivity index (χ3v) is 1.57. The van der Waals surface area contributed by atoms with Gasteiger partial charge in [0.15, 0.2) is 0 Å². The van der Waals surface area contributed by atoms with Crippen LogP contribution in [0.4, 0.5) is 0 Å². The van der Waals surface area contributed by atoms with Gasteiger partial charge in [0.05, 0.1) is 0 Å². The van der Waals surface area contributed by atoms with E-state index in [1.807, 2.05) is 30.3 Å². The summed E-state index contributed by atoms with van der Waals surface area (Å²) >= 11 is 0. The molecule has 1 N–H and O–H groups in total. The maximum absolute atomic E-state index is 11.1. The predicted molar refractivity (Wildman–Crippen MR) is 48.6 cm³/mol. The first-order valence-corrected chi connectivity index (χ1v) is 3.87. The lowest BCUT2D eigenvalue weighted by molar-refractivity contribution is -0.117. The molecule has 0 spiro atoms. The van der Waals surface area contributed by atoms with Gasteiger partial charge in [-0.25, -0.2) is 0 Å². The fraction of sp³-hybridized carbons (Fsp3) is 0.200. The predicted octanol–water partition coefficient (Wildman–Crippen LogP) is 1.84. The average molecular weight is 161 g/mol. The molecule has 1 aromatic rings. The van der Waals surface area contributed by atoms with E-state index in [1.54, 1.807) is 0 Å². The maximum Gasteiger partial charge on any atom is 0.142 e. The Hall–Kier alpha value is -1.44. The third kappa shape index (κ3) is 2.66. The quantitative estimate of drug-likeness (QED) is 0.672. The second kappa shape index (κ2) is 4.44. The summed E-state index contributed by atoms with van der Waals surface area (Å²) in [6.45, 7) is 0. The molecule has 1 rings (SSSR count). The van der Waals surface area contributed by atoms with Gasteiger partial charge in [0.2, 0.25) is 0 Å². The molecule has 0 bridgehead atoms. The van der Waals surface area contributed by atoms with Crippen LogP contribution in [0.1, 0.15) is 12.0 Å². The van der Waals surface area contributed by atoms with E-state index in [4.69, 9.17) is 5.41 Å². The molecule has 2 heteroatoms. The van der Waals surface area contributed by atoms with Crippen molar-refractivity contribution in [1.82, 2.24) is 0 Å². The molecular weight excluding hydrogens is 150 g/mol. The van der Waals surface area contributed by atoms with E-state index >= 15 is 0 Å². The second-order valence-corrected chi connectivity index (χ2v) is 2.61. The Kier molecular flexibility index (Phi) is 3.20. The summed E-state index contributed by atoms with van der Waals surface area (Å²) in [5.41, 5.74) is 1.02. The summed E-state index contributed by atoms with van der Waals surface area (Å²) < 4.78 is 0. The monoisotopic (exact) mass is 161 g/mol. The lowest BCUT2D eigenvalue weighted by Crippen LogP contribution is -2.02. The molecule has 0 fully saturated rings. The van der Waals surface area contributed by atoms with Crippen molar-refractivity contribution in [1.29, 1.82) is 5.41 Å². The summed E-state index contributed by atoms with van der Waals surface area (Å²) in [5.74, 6) is 0.0937. The maximum atomic E-state index is 11.1. The number of benzene rings is 1. The van der Waals surface area contributed by atoms with Crippen LogP contribution in [0.3, 0.4) is 0 Å². The molecule has 62 valence electrons. The smallest absolute Gasteiger partial charge is 0.142 e. The first kappa shape index (κ1) is 8.65. The Morgan fingerprint density at radius 2 is 2.00 bits per heavy atom. The van der Waals surface area contributed by atoms with Gasteiger partial charge in [-0.3, -0.25) is 4.79 Å². The largest absolute Gasteiger partial charge is 0.313 e. The van der Waals surface area contributed by atoms with Crippen molar-refractivity contribution in [3.63, 3.8) is 0 Å². The number of Topliss-reactive ketones (excluding diaryl/α,β-unsaturated/α-hetero) is 1. The Bertz CT molecular complexity index is 266. The third-order valence-electron chi connectivity index (χ3n) is 1.57.